The van der Waals surface area contributed by atoms with E-state index in [2.05, 4.69) is 20.2 Å². The molecule has 7 nitrogen and oxygen atoms in total. The highest BCUT2D eigenvalue weighted by atomic mass is 16.5. The van der Waals surface area contributed by atoms with Gasteiger partial charge >= 0.3 is 0 Å². The first-order valence-corrected chi connectivity index (χ1v) is 7.16. The van der Waals surface area contributed by atoms with Crippen molar-refractivity contribution < 1.29 is 13.9 Å². The minimum atomic E-state index is -0.235. The summed E-state index contributed by atoms with van der Waals surface area (Å²) in [6.07, 6.45) is 1.45. The topological polar surface area (TPSA) is 80.5 Å². The first-order valence-electron chi connectivity index (χ1n) is 7.16. The molecule has 22 heavy (non-hydrogen) atoms. The third kappa shape index (κ3) is 3.09. The Kier molecular flexibility index (Phi) is 4.06. The summed E-state index contributed by atoms with van der Waals surface area (Å²) in [5.41, 5.74) is 0.518. The predicted molar refractivity (Wildman–Crippen MR) is 81.2 cm³/mol. The predicted octanol–water partition coefficient (Wildman–Crippen LogP) is 1.78. The number of morpholine rings is 1. The second kappa shape index (κ2) is 6.15. The van der Waals surface area contributed by atoms with Crippen LogP contribution in [0.25, 0.3) is 0 Å². The Balaban J connectivity index is 1.75. The molecule has 0 unspecified atom stereocenters. The number of nitrogens with zero attached hydrogens (tertiary/aromatic N) is 3. The van der Waals surface area contributed by atoms with E-state index in [-0.39, 0.29) is 5.91 Å². The fourth-order valence-corrected chi connectivity index (χ4v) is 2.42. The monoisotopic (exact) mass is 302 g/mol. The maximum Gasteiger partial charge on any atom is 0.260 e. The average molecular weight is 302 g/mol. The van der Waals surface area contributed by atoms with Crippen molar-refractivity contribution in [3.8, 4) is 0 Å². The van der Waals surface area contributed by atoms with Gasteiger partial charge in [0.2, 0.25) is 0 Å². The summed E-state index contributed by atoms with van der Waals surface area (Å²) in [4.78, 5) is 22.7. The van der Waals surface area contributed by atoms with E-state index in [0.717, 1.165) is 18.9 Å². The fraction of sp³-hybridized carbons (Fsp3) is 0.400. The Labute approximate surface area is 128 Å². The van der Waals surface area contributed by atoms with E-state index in [4.69, 9.17) is 9.15 Å². The molecule has 7 heteroatoms. The molecular weight excluding hydrogens is 284 g/mol. The van der Waals surface area contributed by atoms with Crippen molar-refractivity contribution in [2.24, 2.45) is 0 Å². The number of carbonyl (C=O) groups excluding carboxylic acids is 1. The molecule has 1 fully saturated rings. The molecule has 116 valence electrons. The Morgan fingerprint density at radius 2 is 2.00 bits per heavy atom. The van der Waals surface area contributed by atoms with E-state index in [9.17, 15) is 4.79 Å². The van der Waals surface area contributed by atoms with Crippen LogP contribution in [0.4, 0.5) is 11.6 Å². The van der Waals surface area contributed by atoms with Crippen LogP contribution in [0.2, 0.25) is 0 Å². The number of amides is 1. The number of carbonyl (C=O) groups is 1. The number of furan rings is 1. The largest absolute Gasteiger partial charge is 0.466 e. The molecule has 1 amide bonds. The van der Waals surface area contributed by atoms with Crippen molar-refractivity contribution in [1.29, 1.82) is 0 Å². The molecule has 1 aliphatic heterocycles. The number of anilines is 2. The highest BCUT2D eigenvalue weighted by Crippen LogP contribution is 2.18. The number of aryl methyl sites for hydroxylation is 2. The van der Waals surface area contributed by atoms with Gasteiger partial charge in [0.15, 0.2) is 0 Å². The lowest BCUT2D eigenvalue weighted by atomic mass is 10.2. The third-order valence-electron chi connectivity index (χ3n) is 3.51. The van der Waals surface area contributed by atoms with Gasteiger partial charge in [0.05, 0.1) is 18.8 Å². The second-order valence-corrected chi connectivity index (χ2v) is 5.14. The smallest absolute Gasteiger partial charge is 0.260 e. The van der Waals surface area contributed by atoms with Gasteiger partial charge in [-0.3, -0.25) is 4.79 Å². The summed E-state index contributed by atoms with van der Waals surface area (Å²) in [6, 6.07) is 3.49. The Morgan fingerprint density at radius 3 is 2.68 bits per heavy atom. The molecular formula is C15H18N4O3. The Bertz CT molecular complexity index is 677. The molecule has 3 rings (SSSR count). The van der Waals surface area contributed by atoms with E-state index in [1.165, 1.54) is 6.33 Å². The molecule has 0 atom stereocenters. The summed E-state index contributed by atoms with van der Waals surface area (Å²) in [6.45, 7) is 6.50. The van der Waals surface area contributed by atoms with Crippen LogP contribution in [-0.4, -0.2) is 42.2 Å². The lowest BCUT2D eigenvalue weighted by Gasteiger charge is -2.27. The Morgan fingerprint density at radius 1 is 1.23 bits per heavy atom. The van der Waals surface area contributed by atoms with Gasteiger partial charge in [-0.15, -0.1) is 0 Å². The van der Waals surface area contributed by atoms with Crippen LogP contribution in [0.1, 0.15) is 21.9 Å². The minimum Gasteiger partial charge on any atom is -0.466 e. The van der Waals surface area contributed by atoms with Gasteiger partial charge in [0.1, 0.15) is 29.5 Å². The van der Waals surface area contributed by atoms with E-state index in [0.29, 0.717) is 36.1 Å². The van der Waals surface area contributed by atoms with E-state index < -0.39 is 0 Å². The van der Waals surface area contributed by atoms with Crippen molar-refractivity contribution in [3.63, 3.8) is 0 Å². The van der Waals surface area contributed by atoms with Gasteiger partial charge in [-0.25, -0.2) is 9.97 Å². The van der Waals surface area contributed by atoms with Crippen LogP contribution >= 0.6 is 0 Å². The van der Waals surface area contributed by atoms with Crippen LogP contribution in [0.5, 0.6) is 0 Å². The van der Waals surface area contributed by atoms with Crippen molar-refractivity contribution in [2.45, 2.75) is 13.8 Å². The van der Waals surface area contributed by atoms with Crippen molar-refractivity contribution >= 4 is 17.5 Å². The number of ether oxygens (including phenoxy) is 1. The SMILES string of the molecule is Cc1cc(C(=O)Nc2cc(N3CCOCC3)ncn2)c(C)o1. The molecule has 0 bridgehead atoms. The van der Waals surface area contributed by atoms with Gasteiger partial charge in [-0.1, -0.05) is 0 Å². The zero-order chi connectivity index (χ0) is 15.5. The van der Waals surface area contributed by atoms with Crippen LogP contribution in [0.15, 0.2) is 22.9 Å². The number of hydrogen-bond donors (Lipinski definition) is 1. The lowest BCUT2D eigenvalue weighted by Crippen LogP contribution is -2.36. The van der Waals surface area contributed by atoms with Crippen LogP contribution in [-0.2, 0) is 4.74 Å². The van der Waals surface area contributed by atoms with Crippen molar-refractivity contribution in [2.75, 3.05) is 36.5 Å². The highest BCUT2D eigenvalue weighted by Gasteiger charge is 2.16. The quantitative estimate of drug-likeness (QED) is 0.931. The first-order chi connectivity index (χ1) is 10.6. The average Bonchev–Trinajstić information content (AvgIpc) is 2.87. The minimum absolute atomic E-state index is 0.235. The Hall–Kier alpha value is -2.41. The number of hydrogen-bond acceptors (Lipinski definition) is 6. The molecule has 2 aromatic heterocycles. The van der Waals surface area contributed by atoms with E-state index in [1.54, 1.807) is 19.1 Å². The van der Waals surface area contributed by atoms with Gasteiger partial charge in [-0.2, -0.15) is 0 Å². The molecule has 0 radical (unpaired) electrons. The summed E-state index contributed by atoms with van der Waals surface area (Å²) in [7, 11) is 0. The normalized spacial score (nSPS) is 14.9. The maximum absolute atomic E-state index is 12.3. The molecule has 0 spiro atoms. The van der Waals surface area contributed by atoms with E-state index in [1.807, 2.05) is 6.92 Å². The van der Waals surface area contributed by atoms with Gasteiger partial charge in [-0.05, 0) is 19.9 Å². The van der Waals surface area contributed by atoms with Crippen molar-refractivity contribution in [3.05, 3.63) is 35.5 Å². The molecule has 3 heterocycles. The van der Waals surface area contributed by atoms with Crippen LogP contribution in [0.3, 0.4) is 0 Å². The fourth-order valence-electron chi connectivity index (χ4n) is 2.42. The van der Waals surface area contributed by atoms with E-state index >= 15 is 0 Å². The zero-order valence-electron chi connectivity index (χ0n) is 12.6. The van der Waals surface area contributed by atoms with Gasteiger partial charge < -0.3 is 19.4 Å². The molecule has 2 aromatic rings. The maximum atomic E-state index is 12.3. The molecule has 1 aliphatic rings. The molecule has 0 saturated carbocycles. The molecule has 0 aliphatic carbocycles. The summed E-state index contributed by atoms with van der Waals surface area (Å²) in [5.74, 6) is 2.33. The van der Waals surface area contributed by atoms with Crippen LogP contribution in [0, 0.1) is 13.8 Å². The zero-order valence-corrected chi connectivity index (χ0v) is 12.6. The summed E-state index contributed by atoms with van der Waals surface area (Å²) in [5, 5.41) is 2.78. The van der Waals surface area contributed by atoms with Gasteiger partial charge in [0.25, 0.3) is 5.91 Å². The third-order valence-corrected chi connectivity index (χ3v) is 3.51. The van der Waals surface area contributed by atoms with Crippen molar-refractivity contribution in [1.82, 2.24) is 9.97 Å². The standard InChI is InChI=1S/C15H18N4O3/c1-10-7-12(11(2)22-10)15(20)18-13-8-14(17-9-16-13)19-3-5-21-6-4-19/h7-9H,3-6H2,1-2H3,(H,16,17,18,20). The molecule has 1 saturated heterocycles. The van der Waals surface area contributed by atoms with Crippen LogP contribution < -0.4 is 10.2 Å². The summed E-state index contributed by atoms with van der Waals surface area (Å²) >= 11 is 0. The van der Waals surface area contributed by atoms with Gasteiger partial charge in [0, 0.05) is 19.2 Å². The number of aromatic nitrogens is 2. The highest BCUT2D eigenvalue weighted by molar-refractivity contribution is 6.04. The summed E-state index contributed by atoms with van der Waals surface area (Å²) < 4.78 is 10.7. The number of nitrogens with one attached hydrogen (secondary N) is 1. The molecule has 0 aromatic carbocycles. The molecule has 1 N–H and O–H groups in total. The first kappa shape index (κ1) is 14.5. The second-order valence-electron chi connectivity index (χ2n) is 5.14. The number of rotatable bonds is 3. The lowest BCUT2D eigenvalue weighted by molar-refractivity contribution is 0.102.